The summed E-state index contributed by atoms with van der Waals surface area (Å²) in [5.41, 5.74) is 3.64. The Morgan fingerprint density at radius 3 is 2.79 bits per heavy atom. The third-order valence-electron chi connectivity index (χ3n) is 3.93. The first kappa shape index (κ1) is 14.7. The summed E-state index contributed by atoms with van der Waals surface area (Å²) in [6.07, 6.45) is 1.69. The van der Waals surface area contributed by atoms with Crippen molar-refractivity contribution >= 4 is 28.6 Å². The van der Waals surface area contributed by atoms with Gasteiger partial charge < -0.3 is 9.84 Å². The Hall–Kier alpha value is -2.86. The molecule has 0 aliphatic carbocycles. The predicted molar refractivity (Wildman–Crippen MR) is 90.4 cm³/mol. The van der Waals surface area contributed by atoms with Gasteiger partial charge in [-0.1, -0.05) is 24.2 Å². The van der Waals surface area contributed by atoms with Gasteiger partial charge in [-0.25, -0.2) is 4.79 Å². The van der Waals surface area contributed by atoms with Crippen molar-refractivity contribution in [1.82, 2.24) is 14.1 Å². The minimum absolute atomic E-state index is 0.174. The molecule has 2 aromatic carbocycles. The van der Waals surface area contributed by atoms with E-state index in [-0.39, 0.29) is 12.4 Å². The van der Waals surface area contributed by atoms with Gasteiger partial charge in [-0.05, 0) is 35.9 Å². The van der Waals surface area contributed by atoms with Crippen LogP contribution in [-0.4, -0.2) is 31.7 Å². The molecule has 0 amide bonds. The molecule has 6 nitrogen and oxygen atoms in total. The molecule has 2 heterocycles. The van der Waals surface area contributed by atoms with Crippen molar-refractivity contribution in [1.29, 1.82) is 0 Å². The number of rotatable bonds is 5. The summed E-state index contributed by atoms with van der Waals surface area (Å²) < 4.78 is 8.84. The van der Waals surface area contributed by atoms with E-state index in [4.69, 9.17) is 16.3 Å². The van der Waals surface area contributed by atoms with E-state index in [1.165, 1.54) is 0 Å². The lowest BCUT2D eigenvalue weighted by Gasteiger charge is -2.05. The summed E-state index contributed by atoms with van der Waals surface area (Å²) in [5.74, 6) is -0.268. The molecule has 0 unspecified atom stereocenters. The van der Waals surface area contributed by atoms with E-state index >= 15 is 0 Å². The fraction of sp³-hybridized carbons (Fsp3) is 0.118. The maximum absolute atomic E-state index is 11.1. The van der Waals surface area contributed by atoms with Crippen LogP contribution in [0, 0.1) is 0 Å². The molecule has 0 aliphatic rings. The molecule has 4 aromatic rings. The highest BCUT2D eigenvalue weighted by Gasteiger charge is 2.25. The number of esters is 1. The van der Waals surface area contributed by atoms with Crippen molar-refractivity contribution in [2.24, 2.45) is 0 Å². The molecule has 0 aliphatic heterocycles. The zero-order valence-corrected chi connectivity index (χ0v) is 13.4. The van der Waals surface area contributed by atoms with E-state index in [1.807, 2.05) is 38.3 Å². The van der Waals surface area contributed by atoms with Crippen LogP contribution >= 0.6 is 11.6 Å². The van der Waals surface area contributed by atoms with E-state index in [2.05, 4.69) is 6.58 Å². The van der Waals surface area contributed by atoms with Crippen LogP contribution in [0.15, 0.2) is 49.1 Å². The lowest BCUT2D eigenvalue weighted by molar-refractivity contribution is -0.137. The average molecular weight is 344 g/mol. The highest BCUT2D eigenvalue weighted by atomic mass is 35.5. The number of carbonyl (C=O) groups excluding carboxylic acids is 1. The molecule has 1 N–H and O–H groups in total. The second kappa shape index (κ2) is 5.35. The van der Waals surface area contributed by atoms with Crippen LogP contribution in [-0.2, 0) is 16.0 Å². The Morgan fingerprint density at radius 1 is 1.21 bits per heavy atom. The van der Waals surface area contributed by atoms with Crippen molar-refractivity contribution in [3.05, 3.63) is 59.6 Å². The van der Waals surface area contributed by atoms with Gasteiger partial charge in [0.2, 0.25) is 0 Å². The van der Waals surface area contributed by atoms with Crippen LogP contribution in [0.25, 0.3) is 16.7 Å². The molecular formula is C17H14ClN3O3. The van der Waals surface area contributed by atoms with Gasteiger partial charge >= 0.3 is 5.97 Å². The number of phenolic OH excluding ortho intramolecular Hbond substituents is 1. The van der Waals surface area contributed by atoms with Crippen LogP contribution in [0.3, 0.4) is 0 Å². The number of halogens is 1. The van der Waals surface area contributed by atoms with E-state index in [0.29, 0.717) is 17.1 Å². The number of nitrogens with zero attached hydrogens (tertiary/aromatic N) is 3. The topological polar surface area (TPSA) is 60.3 Å². The van der Waals surface area contributed by atoms with Gasteiger partial charge in [0.25, 0.3) is 0 Å². The van der Waals surface area contributed by atoms with Crippen LogP contribution < -0.4 is 0 Å². The van der Waals surface area contributed by atoms with Crippen molar-refractivity contribution < 1.29 is 14.6 Å². The Morgan fingerprint density at radius 2 is 2.00 bits per heavy atom. The van der Waals surface area contributed by atoms with Crippen LogP contribution in [0.1, 0.15) is 5.56 Å². The molecule has 122 valence electrons. The largest absolute Gasteiger partial charge is 0.506 e. The molecule has 0 bridgehead atoms. The summed E-state index contributed by atoms with van der Waals surface area (Å²) in [6.45, 7) is 3.62. The summed E-state index contributed by atoms with van der Waals surface area (Å²) in [5, 5.41) is 10.8. The Labute approximate surface area is 142 Å². The van der Waals surface area contributed by atoms with E-state index < -0.39 is 5.97 Å². The summed E-state index contributed by atoms with van der Waals surface area (Å²) in [7, 11) is 0. The molecule has 0 fully saturated rings. The average Bonchev–Trinajstić information content (AvgIpc) is 3.23. The minimum Gasteiger partial charge on any atom is -0.506 e. The number of phenols is 1. The normalized spacial score (nSPS) is 11.5. The van der Waals surface area contributed by atoms with Crippen molar-refractivity contribution in [3.63, 3.8) is 0 Å². The van der Waals surface area contributed by atoms with Gasteiger partial charge in [0.15, 0.2) is 0 Å². The molecule has 7 heteroatoms. The zero-order chi connectivity index (χ0) is 16.8. The molecule has 2 aromatic heterocycles. The lowest BCUT2D eigenvalue weighted by atomic mass is 10.1. The lowest BCUT2D eigenvalue weighted by Crippen LogP contribution is -2.04. The van der Waals surface area contributed by atoms with E-state index in [0.717, 1.165) is 22.7 Å². The third-order valence-corrected chi connectivity index (χ3v) is 4.17. The number of hydrogen-bond donors (Lipinski definition) is 1. The molecule has 0 saturated heterocycles. The van der Waals surface area contributed by atoms with Crippen molar-refractivity contribution in [2.45, 2.75) is 6.42 Å². The maximum atomic E-state index is 11.1. The van der Waals surface area contributed by atoms with Gasteiger partial charge in [-0.15, -0.1) is 14.1 Å². The number of fused-ring (bicyclic) bond motifs is 4. The van der Waals surface area contributed by atoms with Crippen molar-refractivity contribution in [3.8, 4) is 11.4 Å². The molecule has 4 rings (SSSR count). The maximum Gasteiger partial charge on any atom is 0.330 e. The standard InChI is InChI=1S/C17H14ClN3O3/c1-2-17(23)24-8-7-11-3-6-16(22)15(9-11)21-19-13-5-4-12(18)10-14(13)20(19)21/h2-6,9-10,22H,1,7-8H2. The minimum atomic E-state index is -0.442. The second-order valence-electron chi connectivity index (χ2n) is 5.45. The highest BCUT2D eigenvalue weighted by molar-refractivity contribution is 6.31. The fourth-order valence-electron chi connectivity index (χ4n) is 2.73. The van der Waals surface area contributed by atoms with Gasteiger partial charge in [-0.2, -0.15) is 0 Å². The summed E-state index contributed by atoms with van der Waals surface area (Å²) in [6, 6.07) is 11.0. The molecule has 0 radical (unpaired) electrons. The molecule has 24 heavy (non-hydrogen) atoms. The smallest absolute Gasteiger partial charge is 0.330 e. The first-order valence-electron chi connectivity index (χ1n) is 7.41. The van der Waals surface area contributed by atoms with Crippen molar-refractivity contribution in [2.75, 3.05) is 6.61 Å². The first-order valence-corrected chi connectivity index (χ1v) is 7.78. The highest BCUT2D eigenvalue weighted by Crippen LogP contribution is 2.32. The summed E-state index contributed by atoms with van der Waals surface area (Å²) in [4.78, 5) is 12.9. The zero-order valence-electron chi connectivity index (χ0n) is 12.6. The molecule has 0 spiro atoms. The number of benzene rings is 2. The second-order valence-corrected chi connectivity index (χ2v) is 5.88. The monoisotopic (exact) mass is 343 g/mol. The Kier molecular flexibility index (Phi) is 3.28. The van der Waals surface area contributed by atoms with Gasteiger partial charge in [0, 0.05) is 17.5 Å². The fourth-order valence-corrected chi connectivity index (χ4v) is 2.90. The van der Waals surface area contributed by atoms with Crippen LogP contribution in [0.5, 0.6) is 5.75 Å². The van der Waals surface area contributed by atoms with E-state index in [1.54, 1.807) is 12.1 Å². The Balaban J connectivity index is 1.62. The Bertz CT molecular complexity index is 1060. The number of ether oxygens (including phenoxy) is 1. The van der Waals surface area contributed by atoms with Crippen LogP contribution in [0.2, 0.25) is 5.02 Å². The predicted octanol–water partition coefficient (Wildman–Crippen LogP) is 3.05. The number of carbonyl (C=O) groups is 1. The first-order chi connectivity index (χ1) is 11.6. The number of aromatic hydroxyl groups is 1. The SMILES string of the molecule is C=CC(=O)OCCc1ccc(O)c(-n2n3c4ccc(Cl)cc4n23)c1. The number of hydrogen-bond acceptors (Lipinski definition) is 3. The quantitative estimate of drug-likeness (QED) is 0.447. The van der Waals surface area contributed by atoms with Gasteiger partial charge in [0.05, 0.1) is 6.61 Å². The van der Waals surface area contributed by atoms with E-state index in [9.17, 15) is 9.90 Å². The number of aromatic nitrogens is 3. The van der Waals surface area contributed by atoms with Gasteiger partial charge in [0.1, 0.15) is 22.5 Å². The molecule has 0 atom stereocenters. The van der Waals surface area contributed by atoms with Crippen LogP contribution in [0.4, 0.5) is 0 Å². The molecule has 0 saturated carbocycles. The van der Waals surface area contributed by atoms with Gasteiger partial charge in [-0.3, -0.25) is 0 Å². The molecular weight excluding hydrogens is 330 g/mol. The third kappa shape index (κ3) is 2.23. The summed E-state index contributed by atoms with van der Waals surface area (Å²) >= 11 is 6.02.